The second kappa shape index (κ2) is 6.83. The minimum Gasteiger partial charge on any atom is -0.465 e. The molecule has 26 heavy (non-hydrogen) atoms. The third-order valence-electron chi connectivity index (χ3n) is 6.23. The van der Waals surface area contributed by atoms with Crippen LogP contribution < -0.4 is 4.90 Å². The minimum absolute atomic E-state index is 0.0466. The number of quaternary nitrogens is 1. The maximum atomic E-state index is 12.8. The van der Waals surface area contributed by atoms with E-state index in [9.17, 15) is 14.4 Å². The SMILES string of the molecule is COC(=O)[C@H]1Cc2ccccc2C[NH+]1CN1C(=O)[C@H]2CCCC[C@H]2C1=O. The number of carbonyl (C=O) groups is 3. The number of benzene rings is 1. The van der Waals surface area contributed by atoms with Crippen molar-refractivity contribution in [2.45, 2.75) is 44.7 Å². The first-order valence-corrected chi connectivity index (χ1v) is 9.44. The molecule has 3 aliphatic rings. The predicted octanol–water partition coefficient (Wildman–Crippen LogP) is 0.302. The number of methoxy groups -OCH3 is 1. The molecule has 1 saturated carbocycles. The minimum atomic E-state index is -0.391. The van der Waals surface area contributed by atoms with Gasteiger partial charge >= 0.3 is 5.97 Å². The summed E-state index contributed by atoms with van der Waals surface area (Å²) in [4.78, 5) is 40.3. The van der Waals surface area contributed by atoms with Crippen LogP contribution >= 0.6 is 0 Å². The molecular weight excluding hydrogens is 332 g/mol. The molecule has 6 heteroatoms. The number of nitrogens with zero attached hydrogens (tertiary/aromatic N) is 1. The molecule has 1 saturated heterocycles. The standard InChI is InChI=1S/C20H24N2O4/c1-26-20(25)17-10-13-6-2-3-7-14(13)11-21(17)12-22-18(23)15-8-4-5-9-16(15)19(22)24/h2-3,6-7,15-17H,4-5,8-12H2,1H3/p+1/t15-,16+,17-/m1/s1. The highest BCUT2D eigenvalue weighted by atomic mass is 16.5. The Balaban J connectivity index is 1.58. The fourth-order valence-corrected chi connectivity index (χ4v) is 4.81. The summed E-state index contributed by atoms with van der Waals surface area (Å²) in [5, 5.41) is 0. The summed E-state index contributed by atoms with van der Waals surface area (Å²) in [6.45, 7) is 0.862. The van der Waals surface area contributed by atoms with Gasteiger partial charge in [-0.25, -0.2) is 9.69 Å². The molecule has 1 aliphatic carbocycles. The Hall–Kier alpha value is -2.21. The third-order valence-corrected chi connectivity index (χ3v) is 6.23. The van der Waals surface area contributed by atoms with Gasteiger partial charge in [0.15, 0.2) is 12.7 Å². The Morgan fingerprint density at radius 1 is 1.12 bits per heavy atom. The largest absolute Gasteiger partial charge is 0.465 e. The lowest BCUT2D eigenvalue weighted by Gasteiger charge is -2.34. The van der Waals surface area contributed by atoms with Crippen LogP contribution in [-0.2, 0) is 32.1 Å². The molecule has 4 rings (SSSR count). The van der Waals surface area contributed by atoms with E-state index in [2.05, 4.69) is 6.07 Å². The van der Waals surface area contributed by atoms with Gasteiger partial charge in [-0.2, -0.15) is 0 Å². The highest BCUT2D eigenvalue weighted by Crippen LogP contribution is 2.37. The highest BCUT2D eigenvalue weighted by Gasteiger charge is 2.50. The third kappa shape index (κ3) is 2.82. The molecule has 2 aliphatic heterocycles. The van der Waals surface area contributed by atoms with Gasteiger partial charge in [0, 0.05) is 12.0 Å². The van der Waals surface area contributed by atoms with Crippen LogP contribution in [0.5, 0.6) is 0 Å². The van der Waals surface area contributed by atoms with E-state index in [1.165, 1.54) is 17.6 Å². The quantitative estimate of drug-likeness (QED) is 0.624. The number of hydrogen-bond donors (Lipinski definition) is 1. The van der Waals surface area contributed by atoms with Gasteiger partial charge in [-0.15, -0.1) is 0 Å². The number of likely N-dealkylation sites (tertiary alicyclic amines) is 1. The first-order valence-electron chi connectivity index (χ1n) is 9.44. The Morgan fingerprint density at radius 2 is 1.73 bits per heavy atom. The van der Waals surface area contributed by atoms with Gasteiger partial charge in [-0.05, 0) is 18.4 Å². The lowest BCUT2D eigenvalue weighted by atomic mass is 9.81. The van der Waals surface area contributed by atoms with Crippen molar-refractivity contribution in [1.82, 2.24) is 4.90 Å². The molecule has 0 spiro atoms. The molecule has 1 N–H and O–H groups in total. The summed E-state index contributed by atoms with van der Waals surface area (Å²) < 4.78 is 5.00. The van der Waals surface area contributed by atoms with Crippen LogP contribution in [0.25, 0.3) is 0 Å². The lowest BCUT2D eigenvalue weighted by molar-refractivity contribution is -0.939. The van der Waals surface area contributed by atoms with Gasteiger partial charge in [0.05, 0.1) is 18.9 Å². The van der Waals surface area contributed by atoms with Crippen molar-refractivity contribution in [3.63, 3.8) is 0 Å². The van der Waals surface area contributed by atoms with E-state index in [0.29, 0.717) is 13.0 Å². The molecular formula is C20H25N2O4+. The Labute approximate surface area is 153 Å². The fraction of sp³-hybridized carbons (Fsp3) is 0.550. The number of esters is 1. The van der Waals surface area contributed by atoms with E-state index in [-0.39, 0.29) is 36.3 Å². The van der Waals surface area contributed by atoms with Crippen LogP contribution in [0.4, 0.5) is 0 Å². The number of carbonyl (C=O) groups excluding carboxylic acids is 3. The molecule has 4 atom stereocenters. The number of imide groups is 1. The maximum Gasteiger partial charge on any atom is 0.365 e. The van der Waals surface area contributed by atoms with E-state index >= 15 is 0 Å². The second-order valence-electron chi connectivity index (χ2n) is 7.64. The summed E-state index contributed by atoms with van der Waals surface area (Å²) in [5.41, 5.74) is 2.30. The van der Waals surface area contributed by atoms with E-state index < -0.39 is 6.04 Å². The van der Waals surface area contributed by atoms with E-state index in [1.807, 2.05) is 18.2 Å². The van der Waals surface area contributed by atoms with Gasteiger partial charge in [0.25, 0.3) is 0 Å². The average molecular weight is 357 g/mol. The average Bonchev–Trinajstić information content (AvgIpc) is 2.92. The van der Waals surface area contributed by atoms with Crippen LogP contribution in [0.15, 0.2) is 24.3 Å². The van der Waals surface area contributed by atoms with Crippen LogP contribution in [0, 0.1) is 11.8 Å². The molecule has 1 unspecified atom stereocenters. The van der Waals surface area contributed by atoms with Crippen molar-refractivity contribution in [3.8, 4) is 0 Å². The summed E-state index contributed by atoms with van der Waals surface area (Å²) in [6, 6.07) is 7.64. The van der Waals surface area contributed by atoms with Crippen molar-refractivity contribution in [2.24, 2.45) is 11.8 Å². The number of hydrogen-bond acceptors (Lipinski definition) is 4. The zero-order valence-electron chi connectivity index (χ0n) is 15.1. The summed E-state index contributed by atoms with van der Waals surface area (Å²) in [5.74, 6) is -0.677. The topological polar surface area (TPSA) is 68.1 Å². The van der Waals surface area contributed by atoms with Gasteiger partial charge in [-0.3, -0.25) is 9.59 Å². The molecule has 0 radical (unpaired) electrons. The summed E-state index contributed by atoms with van der Waals surface area (Å²) in [6.07, 6.45) is 4.22. The first-order chi connectivity index (χ1) is 12.6. The molecule has 1 aromatic carbocycles. The molecule has 0 bridgehead atoms. The van der Waals surface area contributed by atoms with Gasteiger partial charge in [-0.1, -0.05) is 37.1 Å². The van der Waals surface area contributed by atoms with Gasteiger partial charge in [0.2, 0.25) is 11.8 Å². The monoisotopic (exact) mass is 357 g/mol. The Bertz CT molecular complexity index is 723. The molecule has 0 aromatic heterocycles. The molecule has 2 amide bonds. The number of nitrogens with one attached hydrogen (secondary N) is 1. The molecule has 2 fully saturated rings. The van der Waals surface area contributed by atoms with Crippen molar-refractivity contribution in [1.29, 1.82) is 0 Å². The van der Waals surface area contributed by atoms with Crippen molar-refractivity contribution in [3.05, 3.63) is 35.4 Å². The van der Waals surface area contributed by atoms with E-state index in [4.69, 9.17) is 4.74 Å². The molecule has 2 heterocycles. The van der Waals surface area contributed by atoms with E-state index in [1.54, 1.807) is 0 Å². The normalized spacial score (nSPS) is 30.7. The van der Waals surface area contributed by atoms with Crippen molar-refractivity contribution >= 4 is 17.8 Å². The van der Waals surface area contributed by atoms with E-state index in [0.717, 1.165) is 36.1 Å². The van der Waals surface area contributed by atoms with Crippen LogP contribution in [0.2, 0.25) is 0 Å². The zero-order valence-corrected chi connectivity index (χ0v) is 15.1. The molecule has 1 aromatic rings. The lowest BCUT2D eigenvalue weighted by Crippen LogP contribution is -3.18. The number of amides is 2. The van der Waals surface area contributed by atoms with Crippen LogP contribution in [0.1, 0.15) is 36.8 Å². The summed E-state index contributed by atoms with van der Waals surface area (Å²) in [7, 11) is 1.39. The zero-order chi connectivity index (χ0) is 18.3. The van der Waals surface area contributed by atoms with Gasteiger partial charge < -0.3 is 9.64 Å². The van der Waals surface area contributed by atoms with Crippen molar-refractivity contribution in [2.75, 3.05) is 13.8 Å². The first kappa shape index (κ1) is 17.2. The summed E-state index contributed by atoms with van der Waals surface area (Å²) >= 11 is 0. The van der Waals surface area contributed by atoms with Gasteiger partial charge in [0.1, 0.15) is 6.54 Å². The number of ether oxygens (including phenoxy) is 1. The highest BCUT2D eigenvalue weighted by molar-refractivity contribution is 6.05. The fourth-order valence-electron chi connectivity index (χ4n) is 4.81. The Kier molecular flexibility index (Phi) is 4.53. The van der Waals surface area contributed by atoms with Crippen molar-refractivity contribution < 1.29 is 24.0 Å². The van der Waals surface area contributed by atoms with Crippen LogP contribution in [0.3, 0.4) is 0 Å². The Morgan fingerprint density at radius 3 is 2.35 bits per heavy atom. The number of fused-ring (bicyclic) bond motifs is 2. The molecule has 6 nitrogen and oxygen atoms in total. The number of rotatable bonds is 3. The predicted molar refractivity (Wildman–Crippen MR) is 92.8 cm³/mol. The second-order valence-corrected chi connectivity index (χ2v) is 7.64. The smallest absolute Gasteiger partial charge is 0.365 e. The maximum absolute atomic E-state index is 12.8. The molecule has 138 valence electrons. The van der Waals surface area contributed by atoms with Crippen LogP contribution in [-0.4, -0.2) is 42.5 Å².